The van der Waals surface area contributed by atoms with E-state index < -0.39 is 10.0 Å². The number of imidazole rings is 1. The monoisotopic (exact) mass is 346 g/mol. The minimum atomic E-state index is -3.32. The average Bonchev–Trinajstić information content (AvgIpc) is 3.24. The predicted molar refractivity (Wildman–Crippen MR) is 93.3 cm³/mol. The lowest BCUT2D eigenvalue weighted by atomic mass is 10.1. The van der Waals surface area contributed by atoms with Crippen LogP contribution in [-0.2, 0) is 23.0 Å². The Bertz CT molecular complexity index is 804. The summed E-state index contributed by atoms with van der Waals surface area (Å²) in [4.78, 5) is 9.34. The van der Waals surface area contributed by atoms with Crippen molar-refractivity contribution in [2.75, 3.05) is 23.9 Å². The Balaban J connectivity index is 1.52. The van der Waals surface area contributed by atoms with Gasteiger partial charge >= 0.3 is 0 Å². The summed E-state index contributed by atoms with van der Waals surface area (Å²) in [5.41, 5.74) is 3.02. The Morgan fingerprint density at radius 2 is 2.12 bits per heavy atom. The molecule has 7 heteroatoms. The Labute approximate surface area is 142 Å². The molecule has 0 spiro atoms. The Morgan fingerprint density at radius 1 is 1.25 bits per heavy atom. The van der Waals surface area contributed by atoms with Crippen LogP contribution in [0, 0.1) is 0 Å². The summed E-state index contributed by atoms with van der Waals surface area (Å²) in [5, 5.41) is -0.333. The minimum absolute atomic E-state index is 0.333. The lowest BCUT2D eigenvalue weighted by Gasteiger charge is -2.34. The predicted octanol–water partition coefficient (Wildman–Crippen LogP) is 1.77. The molecule has 1 N–H and O–H groups in total. The van der Waals surface area contributed by atoms with Crippen molar-refractivity contribution in [3.8, 4) is 0 Å². The van der Waals surface area contributed by atoms with Crippen molar-refractivity contribution in [2.45, 2.75) is 31.1 Å². The first-order chi connectivity index (χ1) is 11.6. The van der Waals surface area contributed by atoms with Crippen LogP contribution < -0.4 is 4.31 Å². The largest absolute Gasteiger partial charge is 0.347 e. The molecule has 4 rings (SSSR count). The summed E-state index contributed by atoms with van der Waals surface area (Å²) < 4.78 is 28.0. The quantitative estimate of drug-likeness (QED) is 0.916. The van der Waals surface area contributed by atoms with Gasteiger partial charge in [-0.3, -0.25) is 9.21 Å². The van der Waals surface area contributed by atoms with Crippen LogP contribution in [-0.4, -0.2) is 48.2 Å². The number of piperidine rings is 1. The molecule has 2 aromatic rings. The number of nitrogens with zero attached hydrogens (tertiary/aromatic N) is 3. The lowest BCUT2D eigenvalue weighted by Crippen LogP contribution is -2.47. The smallest absolute Gasteiger partial charge is 0.239 e. The zero-order valence-corrected chi connectivity index (χ0v) is 14.4. The van der Waals surface area contributed by atoms with Crippen molar-refractivity contribution in [2.24, 2.45) is 0 Å². The number of fused-ring (bicyclic) bond motifs is 1. The summed E-state index contributed by atoms with van der Waals surface area (Å²) >= 11 is 0. The van der Waals surface area contributed by atoms with E-state index in [1.165, 1.54) is 0 Å². The van der Waals surface area contributed by atoms with E-state index in [1.807, 2.05) is 24.3 Å². The van der Waals surface area contributed by atoms with Crippen LogP contribution in [0.4, 0.5) is 5.69 Å². The number of H-pyrrole nitrogens is 1. The third kappa shape index (κ3) is 2.82. The highest BCUT2D eigenvalue weighted by molar-refractivity contribution is 7.93. The zero-order valence-electron chi connectivity index (χ0n) is 13.6. The van der Waals surface area contributed by atoms with Gasteiger partial charge in [0.15, 0.2) is 0 Å². The maximum Gasteiger partial charge on any atom is 0.239 e. The van der Waals surface area contributed by atoms with E-state index in [-0.39, 0.29) is 5.25 Å². The first kappa shape index (κ1) is 15.7. The lowest BCUT2D eigenvalue weighted by molar-refractivity contribution is 0.220. The van der Waals surface area contributed by atoms with Gasteiger partial charge in [-0.2, -0.15) is 0 Å². The topological polar surface area (TPSA) is 69.3 Å². The van der Waals surface area contributed by atoms with E-state index in [0.29, 0.717) is 13.1 Å². The molecule has 2 aliphatic heterocycles. The van der Waals surface area contributed by atoms with Crippen LogP contribution in [0.15, 0.2) is 36.8 Å². The summed E-state index contributed by atoms with van der Waals surface area (Å²) in [6, 6.07) is 7.83. The average molecular weight is 346 g/mol. The number of aromatic amines is 1. The zero-order chi connectivity index (χ0) is 16.6. The number of anilines is 1. The molecule has 0 bridgehead atoms. The number of rotatable bonds is 4. The normalized spacial score (nSPS) is 21.8. The summed E-state index contributed by atoms with van der Waals surface area (Å²) in [6.07, 6.45) is 5.91. The van der Waals surface area contributed by atoms with Crippen LogP contribution in [0.3, 0.4) is 0 Å². The van der Waals surface area contributed by atoms with Gasteiger partial charge in [-0.15, -0.1) is 0 Å². The minimum Gasteiger partial charge on any atom is -0.347 e. The van der Waals surface area contributed by atoms with E-state index in [1.54, 1.807) is 16.8 Å². The van der Waals surface area contributed by atoms with Crippen LogP contribution in [0.25, 0.3) is 0 Å². The highest BCUT2D eigenvalue weighted by Crippen LogP contribution is 2.33. The van der Waals surface area contributed by atoms with E-state index in [0.717, 1.165) is 49.3 Å². The number of hydrogen-bond donors (Lipinski definition) is 1. The maximum absolute atomic E-state index is 13.2. The SMILES string of the molecule is O=S(=O)(C1CCCN(Cc2cnc[nH]2)C1)N1CCc2ccccc21. The van der Waals surface area contributed by atoms with Gasteiger partial charge in [0.05, 0.1) is 17.3 Å². The Kier molecular flexibility index (Phi) is 4.05. The first-order valence-corrected chi connectivity index (χ1v) is 9.94. The Hall–Kier alpha value is -1.86. The Morgan fingerprint density at radius 3 is 2.96 bits per heavy atom. The van der Waals surface area contributed by atoms with Crippen molar-refractivity contribution < 1.29 is 8.42 Å². The van der Waals surface area contributed by atoms with E-state index in [4.69, 9.17) is 0 Å². The number of hydrogen-bond acceptors (Lipinski definition) is 4. The molecule has 1 unspecified atom stereocenters. The van der Waals surface area contributed by atoms with Crippen molar-refractivity contribution in [3.05, 3.63) is 48.0 Å². The second-order valence-electron chi connectivity index (χ2n) is 6.57. The molecular weight excluding hydrogens is 324 g/mol. The second-order valence-corrected chi connectivity index (χ2v) is 8.71. The molecule has 0 aliphatic carbocycles. The summed E-state index contributed by atoms with van der Waals surface area (Å²) in [6.45, 7) is 2.81. The molecule has 6 nitrogen and oxygen atoms in total. The van der Waals surface area contributed by atoms with Gasteiger partial charge in [0.2, 0.25) is 10.0 Å². The van der Waals surface area contributed by atoms with Gasteiger partial charge < -0.3 is 4.98 Å². The molecule has 1 atom stereocenters. The number of aromatic nitrogens is 2. The van der Waals surface area contributed by atoms with Crippen LogP contribution in [0.2, 0.25) is 0 Å². The number of para-hydroxylation sites is 1. The molecule has 128 valence electrons. The summed E-state index contributed by atoms with van der Waals surface area (Å²) in [7, 11) is -3.32. The third-order valence-corrected chi connectivity index (χ3v) is 7.20. The highest BCUT2D eigenvalue weighted by Gasteiger charge is 2.38. The van der Waals surface area contributed by atoms with Gasteiger partial charge in [0, 0.05) is 31.5 Å². The van der Waals surface area contributed by atoms with Gasteiger partial charge in [-0.05, 0) is 37.4 Å². The van der Waals surface area contributed by atoms with Crippen molar-refractivity contribution in [1.82, 2.24) is 14.9 Å². The fourth-order valence-electron chi connectivity index (χ4n) is 3.76. The molecular formula is C17H22N4O2S. The van der Waals surface area contributed by atoms with Crippen molar-refractivity contribution in [1.29, 1.82) is 0 Å². The third-order valence-electron chi connectivity index (χ3n) is 4.98. The molecule has 0 radical (unpaired) electrons. The van der Waals surface area contributed by atoms with Gasteiger partial charge in [-0.25, -0.2) is 13.4 Å². The highest BCUT2D eigenvalue weighted by atomic mass is 32.2. The summed E-state index contributed by atoms with van der Waals surface area (Å²) in [5.74, 6) is 0. The van der Waals surface area contributed by atoms with Gasteiger partial charge in [-0.1, -0.05) is 18.2 Å². The van der Waals surface area contributed by atoms with Crippen LogP contribution in [0.1, 0.15) is 24.1 Å². The first-order valence-electron chi connectivity index (χ1n) is 8.43. The molecule has 2 aliphatic rings. The molecule has 0 saturated carbocycles. The van der Waals surface area contributed by atoms with Crippen LogP contribution >= 0.6 is 0 Å². The number of sulfonamides is 1. The molecule has 0 amide bonds. The van der Waals surface area contributed by atoms with Crippen LogP contribution in [0.5, 0.6) is 0 Å². The molecule has 1 fully saturated rings. The fraction of sp³-hybridized carbons (Fsp3) is 0.471. The molecule has 24 heavy (non-hydrogen) atoms. The van der Waals surface area contributed by atoms with E-state index in [2.05, 4.69) is 14.9 Å². The molecule has 1 aromatic carbocycles. The van der Waals surface area contributed by atoms with Crippen molar-refractivity contribution >= 4 is 15.7 Å². The number of benzene rings is 1. The molecule has 1 saturated heterocycles. The van der Waals surface area contributed by atoms with Gasteiger partial charge in [0.1, 0.15) is 0 Å². The van der Waals surface area contributed by atoms with E-state index in [9.17, 15) is 8.42 Å². The fourth-order valence-corrected chi connectivity index (χ4v) is 5.79. The number of likely N-dealkylation sites (tertiary alicyclic amines) is 1. The maximum atomic E-state index is 13.2. The second kappa shape index (κ2) is 6.22. The molecule has 1 aromatic heterocycles. The number of nitrogens with one attached hydrogen (secondary N) is 1. The standard InChI is InChI=1S/C17H22N4O2S/c22-24(23,21-9-7-14-4-1-2-6-17(14)21)16-5-3-8-20(12-16)11-15-10-18-13-19-15/h1-2,4,6,10,13,16H,3,5,7-9,11-12H2,(H,18,19). The van der Waals surface area contributed by atoms with Gasteiger partial charge in [0.25, 0.3) is 0 Å². The molecule has 3 heterocycles. The van der Waals surface area contributed by atoms with Crippen molar-refractivity contribution in [3.63, 3.8) is 0 Å². The van der Waals surface area contributed by atoms with E-state index >= 15 is 0 Å².